The van der Waals surface area contributed by atoms with E-state index >= 15 is 0 Å². The molecule has 0 N–H and O–H groups in total. The molecule has 0 atom stereocenters. The van der Waals surface area contributed by atoms with Gasteiger partial charge in [0.25, 0.3) is 0 Å². The van der Waals surface area contributed by atoms with Crippen molar-refractivity contribution >= 4 is 0 Å². The molecule has 0 unspecified atom stereocenters. The first-order valence-corrected chi connectivity index (χ1v) is 11.8. The molecule has 0 saturated heterocycles. The summed E-state index contributed by atoms with van der Waals surface area (Å²) in [4.78, 5) is 0. The average molecular weight is 423 g/mol. The first kappa shape index (κ1) is 19.8. The summed E-state index contributed by atoms with van der Waals surface area (Å²) in [5.74, 6) is 0. The lowest BCUT2D eigenvalue weighted by Crippen LogP contribution is -1.99. The van der Waals surface area contributed by atoms with Crippen LogP contribution >= 0.6 is 0 Å². The Balaban J connectivity index is 1.79. The molecule has 0 radical (unpaired) electrons. The Morgan fingerprint density at radius 1 is 0.515 bits per heavy atom. The molecule has 0 saturated carbocycles. The molecule has 0 nitrogen and oxygen atoms in total. The van der Waals surface area contributed by atoms with Gasteiger partial charge in [-0.25, -0.2) is 0 Å². The predicted octanol–water partition coefficient (Wildman–Crippen LogP) is 8.82. The van der Waals surface area contributed by atoms with E-state index in [0.717, 1.165) is 12.8 Å². The van der Waals surface area contributed by atoms with Crippen molar-refractivity contribution in [2.75, 3.05) is 0 Å². The van der Waals surface area contributed by atoms with E-state index in [1.54, 1.807) is 0 Å². The van der Waals surface area contributed by atoms with Crippen LogP contribution in [0.5, 0.6) is 0 Å². The summed E-state index contributed by atoms with van der Waals surface area (Å²) >= 11 is 0. The maximum Gasteiger partial charge on any atom is -0.000705 e. The van der Waals surface area contributed by atoms with Gasteiger partial charge >= 0.3 is 0 Å². The molecule has 0 amide bonds. The van der Waals surface area contributed by atoms with Crippen LogP contribution in [0, 0.1) is 0 Å². The molecular weight excluding hydrogens is 396 g/mol. The van der Waals surface area contributed by atoms with Crippen LogP contribution in [-0.2, 0) is 12.8 Å². The van der Waals surface area contributed by atoms with Crippen LogP contribution in [0.1, 0.15) is 23.6 Å². The molecule has 1 aliphatic carbocycles. The zero-order chi connectivity index (χ0) is 22.2. The fourth-order valence-electron chi connectivity index (χ4n) is 5.40. The van der Waals surface area contributed by atoms with Crippen LogP contribution < -0.4 is 0 Å². The van der Waals surface area contributed by atoms with Gasteiger partial charge in [-0.15, -0.1) is 0 Å². The highest BCUT2D eigenvalue weighted by Gasteiger charge is 2.27. The average Bonchev–Trinajstić information content (AvgIpc) is 3.27. The largest absolute Gasteiger partial charge is 0.0622 e. The topological polar surface area (TPSA) is 0 Å². The molecule has 0 heteroatoms. The summed E-state index contributed by atoms with van der Waals surface area (Å²) in [6.45, 7) is 2.26. The third-order valence-corrected chi connectivity index (χ3v) is 6.92. The molecule has 5 aromatic carbocycles. The van der Waals surface area contributed by atoms with Gasteiger partial charge in [-0.05, 0) is 80.1 Å². The molecule has 33 heavy (non-hydrogen) atoms. The first-order valence-electron chi connectivity index (χ1n) is 11.8. The lowest BCUT2D eigenvalue weighted by Gasteiger charge is -2.22. The minimum atomic E-state index is 0.980. The van der Waals surface area contributed by atoms with Crippen LogP contribution in [0.25, 0.3) is 44.5 Å². The van der Waals surface area contributed by atoms with Gasteiger partial charge in [0.05, 0.1) is 0 Å². The lowest BCUT2D eigenvalue weighted by molar-refractivity contribution is 1.14. The van der Waals surface area contributed by atoms with Crippen molar-refractivity contribution in [1.29, 1.82) is 0 Å². The molecule has 0 heterocycles. The highest BCUT2D eigenvalue weighted by molar-refractivity contribution is 6.02. The lowest BCUT2D eigenvalue weighted by atomic mass is 9.81. The summed E-state index contributed by atoms with van der Waals surface area (Å²) in [6.07, 6.45) is 2.00. The SMILES string of the molecule is CCc1ccccc1-c1c2c(cc(-c3ccccc3)c1-c1ccccc1)-c1ccccc1C2. The van der Waals surface area contributed by atoms with Gasteiger partial charge in [-0.2, -0.15) is 0 Å². The number of aryl methyl sites for hydroxylation is 1. The van der Waals surface area contributed by atoms with Crippen LogP contribution in [-0.4, -0.2) is 0 Å². The molecule has 6 rings (SSSR count). The van der Waals surface area contributed by atoms with Gasteiger partial charge in [0.15, 0.2) is 0 Å². The van der Waals surface area contributed by atoms with Crippen molar-refractivity contribution in [3.8, 4) is 44.5 Å². The smallest absolute Gasteiger partial charge is 0.000705 e. The van der Waals surface area contributed by atoms with Crippen molar-refractivity contribution in [3.05, 3.63) is 132 Å². The van der Waals surface area contributed by atoms with E-state index in [1.807, 2.05) is 0 Å². The van der Waals surface area contributed by atoms with Gasteiger partial charge in [-0.3, -0.25) is 0 Å². The zero-order valence-corrected chi connectivity index (χ0v) is 18.9. The van der Waals surface area contributed by atoms with Gasteiger partial charge in [0.2, 0.25) is 0 Å². The Morgan fingerprint density at radius 2 is 1.12 bits per heavy atom. The number of rotatable bonds is 4. The predicted molar refractivity (Wildman–Crippen MR) is 140 cm³/mol. The second kappa shape index (κ2) is 8.22. The molecule has 0 bridgehead atoms. The second-order valence-electron chi connectivity index (χ2n) is 8.78. The van der Waals surface area contributed by atoms with Gasteiger partial charge in [-0.1, -0.05) is 116 Å². The number of hydrogen-bond donors (Lipinski definition) is 0. The summed E-state index contributed by atoms with van der Waals surface area (Å²) in [5, 5.41) is 0. The fraction of sp³-hybridized carbons (Fsp3) is 0.0909. The van der Waals surface area contributed by atoms with Crippen LogP contribution in [0.15, 0.2) is 115 Å². The molecule has 0 aliphatic heterocycles. The Morgan fingerprint density at radius 3 is 1.85 bits per heavy atom. The second-order valence-corrected chi connectivity index (χ2v) is 8.78. The van der Waals surface area contributed by atoms with Crippen LogP contribution in [0.3, 0.4) is 0 Å². The Kier molecular flexibility index (Phi) is 4.92. The van der Waals surface area contributed by atoms with Crippen LogP contribution in [0.2, 0.25) is 0 Å². The van der Waals surface area contributed by atoms with Crippen molar-refractivity contribution in [3.63, 3.8) is 0 Å². The molecule has 0 spiro atoms. The molecule has 1 aliphatic rings. The van der Waals surface area contributed by atoms with Crippen molar-refractivity contribution < 1.29 is 0 Å². The number of fused-ring (bicyclic) bond motifs is 3. The van der Waals surface area contributed by atoms with Crippen LogP contribution in [0.4, 0.5) is 0 Å². The minimum Gasteiger partial charge on any atom is -0.0622 e. The third kappa shape index (κ3) is 3.31. The third-order valence-electron chi connectivity index (χ3n) is 6.92. The van der Waals surface area contributed by atoms with E-state index in [9.17, 15) is 0 Å². The Bertz CT molecular complexity index is 1440. The minimum absolute atomic E-state index is 0.980. The van der Waals surface area contributed by atoms with E-state index in [2.05, 4.69) is 122 Å². The standard InChI is InChI=1S/C33H26/c1-2-23-13-9-12-20-28(23)33-31-21-26-18-10-11-19-27(26)30(31)22-29(24-14-5-3-6-15-24)32(33)25-16-7-4-8-17-25/h3-20,22H,2,21H2,1H3. The van der Waals surface area contributed by atoms with E-state index in [0.29, 0.717) is 0 Å². The number of hydrogen-bond acceptors (Lipinski definition) is 0. The monoisotopic (exact) mass is 422 g/mol. The van der Waals surface area contributed by atoms with E-state index in [4.69, 9.17) is 0 Å². The zero-order valence-electron chi connectivity index (χ0n) is 18.9. The van der Waals surface area contributed by atoms with Crippen molar-refractivity contribution in [2.45, 2.75) is 19.8 Å². The van der Waals surface area contributed by atoms with Gasteiger partial charge < -0.3 is 0 Å². The highest BCUT2D eigenvalue weighted by atomic mass is 14.3. The molecular formula is C33H26. The normalized spacial score (nSPS) is 11.8. The van der Waals surface area contributed by atoms with Gasteiger partial charge in [0, 0.05) is 0 Å². The summed E-state index contributed by atoms with van der Waals surface area (Å²) in [7, 11) is 0. The molecule has 0 fully saturated rings. The maximum atomic E-state index is 2.44. The van der Waals surface area contributed by atoms with E-state index in [-0.39, 0.29) is 0 Å². The Labute approximate surface area is 196 Å². The highest BCUT2D eigenvalue weighted by Crippen LogP contribution is 2.50. The number of benzene rings is 5. The quantitative estimate of drug-likeness (QED) is 0.266. The summed E-state index contributed by atoms with van der Waals surface area (Å²) in [6, 6.07) is 42.1. The molecule has 158 valence electrons. The van der Waals surface area contributed by atoms with Crippen molar-refractivity contribution in [2.24, 2.45) is 0 Å². The fourth-order valence-corrected chi connectivity index (χ4v) is 5.40. The first-order chi connectivity index (χ1) is 16.3. The summed E-state index contributed by atoms with van der Waals surface area (Å²) < 4.78 is 0. The van der Waals surface area contributed by atoms with E-state index in [1.165, 1.54) is 61.2 Å². The van der Waals surface area contributed by atoms with Crippen molar-refractivity contribution in [1.82, 2.24) is 0 Å². The summed E-state index contributed by atoms with van der Waals surface area (Å²) in [5.41, 5.74) is 15.0. The maximum absolute atomic E-state index is 2.44. The molecule has 0 aromatic heterocycles. The van der Waals surface area contributed by atoms with Gasteiger partial charge in [0.1, 0.15) is 0 Å². The Hall–Kier alpha value is -3.90. The van der Waals surface area contributed by atoms with E-state index < -0.39 is 0 Å². The molecule has 5 aromatic rings.